The number of thioether (sulfide) groups is 1. The quantitative estimate of drug-likeness (QED) is 0.561. The number of benzene rings is 1. The van der Waals surface area contributed by atoms with Crippen molar-refractivity contribution in [3.8, 4) is 0 Å². The molecule has 0 fully saturated rings. The Kier molecular flexibility index (Phi) is 8.20. The predicted octanol–water partition coefficient (Wildman–Crippen LogP) is 5.53. The number of allylic oxidation sites excluding steroid dienone is 1. The van der Waals surface area contributed by atoms with Crippen molar-refractivity contribution in [3.05, 3.63) is 47.3 Å². The van der Waals surface area contributed by atoms with Crippen LogP contribution >= 0.6 is 23.4 Å². The molecule has 0 aliphatic carbocycles. The summed E-state index contributed by atoms with van der Waals surface area (Å²) >= 11 is 7.05. The maximum atomic E-state index is 12.1. The van der Waals surface area contributed by atoms with Crippen molar-refractivity contribution in [1.29, 1.82) is 0 Å². The van der Waals surface area contributed by atoms with Crippen molar-refractivity contribution in [3.63, 3.8) is 0 Å². The Morgan fingerprint density at radius 1 is 1.18 bits per heavy atom. The van der Waals surface area contributed by atoms with Gasteiger partial charge in [0.15, 0.2) is 5.29 Å². The lowest BCUT2D eigenvalue weighted by Crippen LogP contribution is -1.84. The van der Waals surface area contributed by atoms with E-state index in [1.807, 2.05) is 17.8 Å². The van der Waals surface area contributed by atoms with Gasteiger partial charge in [-0.25, -0.2) is 0 Å². The first-order valence-electron chi connectivity index (χ1n) is 5.92. The molecule has 0 aliphatic heterocycles. The van der Waals surface area contributed by atoms with Crippen LogP contribution in [0, 0.1) is 0 Å². The van der Waals surface area contributed by atoms with Crippen LogP contribution in [0.25, 0.3) is 0 Å². The minimum atomic E-state index is -0.580. The van der Waals surface area contributed by atoms with Gasteiger partial charge >= 0.3 is 0 Å². The molecule has 0 spiro atoms. The first-order valence-corrected chi connectivity index (χ1v) is 7.45. The highest BCUT2D eigenvalue weighted by Crippen LogP contribution is 2.15. The molecule has 94 valence electrons. The summed E-state index contributed by atoms with van der Waals surface area (Å²) < 4.78 is 12.1. The van der Waals surface area contributed by atoms with Crippen molar-refractivity contribution in [2.24, 2.45) is 0 Å². The zero-order valence-electron chi connectivity index (χ0n) is 9.87. The predicted molar refractivity (Wildman–Crippen MR) is 76.1 cm³/mol. The summed E-state index contributed by atoms with van der Waals surface area (Å²) in [6, 6.07) is 10.5. The maximum absolute atomic E-state index is 12.1. The van der Waals surface area contributed by atoms with Crippen molar-refractivity contribution >= 4 is 23.4 Å². The zero-order chi connectivity index (χ0) is 12.3. The topological polar surface area (TPSA) is 0 Å². The molecular weight excluding hydrogens is 255 g/mol. The standard InChI is InChI=1S/C14H18ClFS/c15-14(16)10-6-1-2-7-11-17-12-13-8-4-3-5-9-13/h3-5,8-10H,1-2,6-7,11-12H2/b14-10-. The summed E-state index contributed by atoms with van der Waals surface area (Å²) in [7, 11) is 0. The summed E-state index contributed by atoms with van der Waals surface area (Å²) in [6.45, 7) is 0. The lowest BCUT2D eigenvalue weighted by atomic mass is 10.2. The fourth-order valence-corrected chi connectivity index (χ4v) is 2.59. The minimum absolute atomic E-state index is 0.580. The third kappa shape index (κ3) is 8.28. The molecule has 3 heteroatoms. The molecule has 0 saturated heterocycles. The Morgan fingerprint density at radius 3 is 2.65 bits per heavy atom. The molecule has 0 saturated carbocycles. The fraction of sp³-hybridized carbons (Fsp3) is 0.429. The van der Waals surface area contributed by atoms with E-state index < -0.39 is 5.29 Å². The van der Waals surface area contributed by atoms with E-state index in [1.54, 1.807) is 0 Å². The van der Waals surface area contributed by atoms with E-state index in [0.29, 0.717) is 0 Å². The number of halogens is 2. The lowest BCUT2D eigenvalue weighted by molar-refractivity contribution is 0.673. The average Bonchev–Trinajstić information content (AvgIpc) is 2.33. The molecule has 0 aromatic heterocycles. The number of hydrogen-bond acceptors (Lipinski definition) is 1. The van der Waals surface area contributed by atoms with Gasteiger partial charge in [-0.05, 0) is 36.7 Å². The van der Waals surface area contributed by atoms with Gasteiger partial charge in [0.2, 0.25) is 0 Å². The third-order valence-electron chi connectivity index (χ3n) is 2.40. The summed E-state index contributed by atoms with van der Waals surface area (Å²) in [5.41, 5.74) is 1.38. The van der Waals surface area contributed by atoms with Crippen LogP contribution in [0.4, 0.5) is 4.39 Å². The monoisotopic (exact) mass is 272 g/mol. The third-order valence-corrected chi connectivity index (χ3v) is 3.67. The van der Waals surface area contributed by atoms with Crippen LogP contribution in [0.5, 0.6) is 0 Å². The van der Waals surface area contributed by atoms with Gasteiger partial charge in [0, 0.05) is 5.75 Å². The van der Waals surface area contributed by atoms with Crippen LogP contribution < -0.4 is 0 Å². The number of hydrogen-bond donors (Lipinski definition) is 0. The van der Waals surface area contributed by atoms with Gasteiger partial charge in [0.1, 0.15) is 0 Å². The summed E-state index contributed by atoms with van der Waals surface area (Å²) in [4.78, 5) is 0. The van der Waals surface area contributed by atoms with Gasteiger partial charge < -0.3 is 0 Å². The second-order valence-electron chi connectivity index (χ2n) is 3.88. The van der Waals surface area contributed by atoms with E-state index in [4.69, 9.17) is 11.6 Å². The van der Waals surface area contributed by atoms with Gasteiger partial charge in [0.05, 0.1) is 0 Å². The van der Waals surface area contributed by atoms with Crippen molar-refractivity contribution in [2.45, 2.75) is 31.4 Å². The molecular formula is C14H18ClFS. The molecule has 0 nitrogen and oxygen atoms in total. The second kappa shape index (κ2) is 9.55. The molecule has 1 rings (SSSR count). The van der Waals surface area contributed by atoms with E-state index in [-0.39, 0.29) is 0 Å². The van der Waals surface area contributed by atoms with Crippen LogP contribution in [0.1, 0.15) is 31.2 Å². The highest BCUT2D eigenvalue weighted by atomic mass is 35.5. The largest absolute Gasteiger partial charge is 0.194 e. The first-order chi connectivity index (χ1) is 8.29. The molecule has 0 atom stereocenters. The maximum Gasteiger partial charge on any atom is 0.185 e. The molecule has 0 unspecified atom stereocenters. The Labute approximate surface area is 112 Å². The number of unbranched alkanes of at least 4 members (excludes halogenated alkanes) is 3. The Balaban J connectivity index is 1.93. The van der Waals surface area contributed by atoms with E-state index in [1.165, 1.54) is 23.8 Å². The SMILES string of the molecule is F/C(Cl)=C\CCCCCSCc1ccccc1. The zero-order valence-corrected chi connectivity index (χ0v) is 11.4. The lowest BCUT2D eigenvalue weighted by Gasteiger charge is -2.01. The molecule has 0 radical (unpaired) electrons. The highest BCUT2D eigenvalue weighted by molar-refractivity contribution is 7.98. The van der Waals surface area contributed by atoms with E-state index in [0.717, 1.165) is 25.0 Å². The first kappa shape index (κ1) is 14.6. The molecule has 0 aliphatic rings. The van der Waals surface area contributed by atoms with E-state index >= 15 is 0 Å². The molecule has 0 bridgehead atoms. The normalized spacial score (nSPS) is 11.8. The molecule has 0 amide bonds. The highest BCUT2D eigenvalue weighted by Gasteiger charge is 1.93. The van der Waals surface area contributed by atoms with E-state index in [9.17, 15) is 4.39 Å². The van der Waals surface area contributed by atoms with E-state index in [2.05, 4.69) is 24.3 Å². The Bertz CT molecular complexity index is 320. The number of rotatable bonds is 8. The Morgan fingerprint density at radius 2 is 1.94 bits per heavy atom. The van der Waals surface area contributed by atoms with Crippen LogP contribution in [0.2, 0.25) is 0 Å². The van der Waals surface area contributed by atoms with Crippen LogP contribution in [-0.2, 0) is 5.75 Å². The van der Waals surface area contributed by atoms with Crippen LogP contribution in [-0.4, -0.2) is 5.75 Å². The molecule has 17 heavy (non-hydrogen) atoms. The van der Waals surface area contributed by atoms with Crippen molar-refractivity contribution in [1.82, 2.24) is 0 Å². The Hall–Kier alpha value is -0.470. The average molecular weight is 273 g/mol. The summed E-state index contributed by atoms with van der Waals surface area (Å²) in [5, 5.41) is -0.580. The van der Waals surface area contributed by atoms with Crippen molar-refractivity contribution < 1.29 is 4.39 Å². The van der Waals surface area contributed by atoms with Crippen LogP contribution in [0.3, 0.4) is 0 Å². The van der Waals surface area contributed by atoms with Crippen molar-refractivity contribution in [2.75, 3.05) is 5.75 Å². The second-order valence-corrected chi connectivity index (χ2v) is 5.35. The molecule has 0 N–H and O–H groups in total. The van der Waals surface area contributed by atoms with Gasteiger partial charge in [0.25, 0.3) is 0 Å². The molecule has 0 heterocycles. The minimum Gasteiger partial charge on any atom is -0.194 e. The van der Waals surface area contributed by atoms with Crippen LogP contribution in [0.15, 0.2) is 41.7 Å². The van der Waals surface area contributed by atoms with Gasteiger partial charge in [-0.1, -0.05) is 48.4 Å². The van der Waals surface area contributed by atoms with Gasteiger partial charge in [-0.2, -0.15) is 16.2 Å². The summed E-state index contributed by atoms with van der Waals surface area (Å²) in [5.74, 6) is 2.25. The summed E-state index contributed by atoms with van der Waals surface area (Å²) in [6.07, 6.45) is 5.54. The molecule has 1 aromatic carbocycles. The molecule has 1 aromatic rings. The smallest absolute Gasteiger partial charge is 0.185 e. The van der Waals surface area contributed by atoms with Gasteiger partial charge in [-0.3, -0.25) is 0 Å². The van der Waals surface area contributed by atoms with Gasteiger partial charge in [-0.15, -0.1) is 0 Å². The fourth-order valence-electron chi connectivity index (χ4n) is 1.50.